The minimum Gasteiger partial charge on any atom is -0.303 e. The van der Waals surface area contributed by atoms with Gasteiger partial charge in [0.15, 0.2) is 0 Å². The second kappa shape index (κ2) is 10.8. The molecule has 2 heteroatoms. The lowest BCUT2D eigenvalue weighted by Gasteiger charge is -2.13. The van der Waals surface area contributed by atoms with Crippen LogP contribution in [0, 0.1) is 0 Å². The smallest absolute Gasteiger partial charge is 0.0240 e. The highest BCUT2D eigenvalue weighted by Crippen LogP contribution is 2.13. The molecule has 1 heterocycles. The monoisotopic (exact) mass is 267 g/mol. The number of hydrogen-bond acceptors (Lipinski definition) is 1. The number of likely N-dealkylation sites (tertiary alicyclic amines) is 1. The van der Waals surface area contributed by atoms with Crippen molar-refractivity contribution in [3.63, 3.8) is 0 Å². The second-order valence-electron chi connectivity index (χ2n) is 5.76. The molecule has 1 fully saturated rings. The van der Waals surface area contributed by atoms with Gasteiger partial charge in [-0.3, -0.25) is 0 Å². The van der Waals surface area contributed by atoms with Gasteiger partial charge in [0, 0.05) is 9.52 Å². The summed E-state index contributed by atoms with van der Waals surface area (Å²) in [5.41, 5.74) is 1.74. The van der Waals surface area contributed by atoms with Crippen LogP contribution in [0.1, 0.15) is 58.8 Å². The summed E-state index contributed by atoms with van der Waals surface area (Å²) in [5, 5.41) is 0. The molecular formula is C16H33NSi. The maximum absolute atomic E-state index is 2.66. The predicted molar refractivity (Wildman–Crippen MR) is 86.3 cm³/mol. The molecular weight excluding hydrogens is 234 g/mol. The molecule has 0 N–H and O–H groups in total. The molecule has 1 rings (SSSR count). The summed E-state index contributed by atoms with van der Waals surface area (Å²) < 4.78 is 0. The summed E-state index contributed by atoms with van der Waals surface area (Å²) in [6.45, 7) is 8.73. The summed E-state index contributed by atoms with van der Waals surface area (Å²) in [4.78, 5) is 2.66. The third kappa shape index (κ3) is 7.37. The van der Waals surface area contributed by atoms with Gasteiger partial charge in [0.05, 0.1) is 0 Å². The summed E-state index contributed by atoms with van der Waals surface area (Å²) >= 11 is 0. The lowest BCUT2D eigenvalue weighted by Crippen LogP contribution is -2.20. The van der Waals surface area contributed by atoms with Crippen LogP contribution >= 0.6 is 0 Å². The van der Waals surface area contributed by atoms with Crippen molar-refractivity contribution >= 4 is 9.52 Å². The summed E-state index contributed by atoms with van der Waals surface area (Å²) in [6, 6.07) is 3.01. The number of allylic oxidation sites excluding steroid dienone is 2. The van der Waals surface area contributed by atoms with Gasteiger partial charge in [-0.1, -0.05) is 44.4 Å². The third-order valence-corrected chi connectivity index (χ3v) is 5.65. The highest BCUT2D eigenvalue weighted by molar-refractivity contribution is 6.36. The van der Waals surface area contributed by atoms with Crippen LogP contribution < -0.4 is 0 Å². The van der Waals surface area contributed by atoms with Crippen LogP contribution in [0.15, 0.2) is 11.6 Å². The maximum Gasteiger partial charge on any atom is 0.0240 e. The Morgan fingerprint density at radius 1 is 1.11 bits per heavy atom. The molecule has 0 aromatic carbocycles. The van der Waals surface area contributed by atoms with Gasteiger partial charge in [-0.2, -0.15) is 0 Å². The molecule has 1 aliphatic rings. The van der Waals surface area contributed by atoms with E-state index in [-0.39, 0.29) is 9.52 Å². The van der Waals surface area contributed by atoms with Gasteiger partial charge in [0.1, 0.15) is 0 Å². The fourth-order valence-electron chi connectivity index (χ4n) is 2.94. The van der Waals surface area contributed by atoms with Crippen molar-refractivity contribution in [1.82, 2.24) is 4.90 Å². The zero-order valence-corrected chi connectivity index (χ0v) is 14.1. The first-order valence-electron chi connectivity index (χ1n) is 8.27. The fourth-order valence-corrected chi connectivity index (χ4v) is 4.42. The van der Waals surface area contributed by atoms with Gasteiger partial charge in [0.25, 0.3) is 0 Å². The summed E-state index contributed by atoms with van der Waals surface area (Å²) in [6.07, 6.45) is 12.3. The van der Waals surface area contributed by atoms with Crippen LogP contribution in [0.25, 0.3) is 0 Å². The molecule has 0 radical (unpaired) electrons. The van der Waals surface area contributed by atoms with Gasteiger partial charge in [-0.05, 0) is 57.8 Å². The molecule has 18 heavy (non-hydrogen) atoms. The van der Waals surface area contributed by atoms with E-state index in [0.29, 0.717) is 0 Å². The first kappa shape index (κ1) is 16.0. The predicted octanol–water partition coefficient (Wildman–Crippen LogP) is 4.00. The third-order valence-electron chi connectivity index (χ3n) is 3.95. The van der Waals surface area contributed by atoms with Crippen LogP contribution in [0.5, 0.6) is 0 Å². The average molecular weight is 268 g/mol. The van der Waals surface area contributed by atoms with Crippen molar-refractivity contribution in [2.45, 2.75) is 70.9 Å². The lowest BCUT2D eigenvalue weighted by atomic mass is 10.1. The molecule has 0 saturated carbocycles. The van der Waals surface area contributed by atoms with E-state index < -0.39 is 0 Å². The summed E-state index contributed by atoms with van der Waals surface area (Å²) in [7, 11) is 0.194. The van der Waals surface area contributed by atoms with Crippen molar-refractivity contribution in [1.29, 1.82) is 0 Å². The fraction of sp³-hybridized carbons (Fsp3) is 0.875. The molecule has 0 atom stereocenters. The van der Waals surface area contributed by atoms with Gasteiger partial charge in [-0.15, -0.1) is 0 Å². The van der Waals surface area contributed by atoms with E-state index in [4.69, 9.17) is 0 Å². The molecule has 0 aromatic rings. The quantitative estimate of drug-likeness (QED) is 0.328. The Hall–Kier alpha value is -0.0831. The van der Waals surface area contributed by atoms with Crippen LogP contribution in [0.2, 0.25) is 12.1 Å². The van der Waals surface area contributed by atoms with E-state index in [2.05, 4.69) is 24.8 Å². The number of rotatable bonds is 10. The molecule has 0 amide bonds. The molecule has 1 aliphatic heterocycles. The Kier molecular flexibility index (Phi) is 9.59. The Bertz CT molecular complexity index is 211. The highest BCUT2D eigenvalue weighted by atomic mass is 28.2. The molecule has 0 aromatic heterocycles. The molecule has 106 valence electrons. The SMILES string of the molecule is CCCC(=CC[SiH2]CCCN1CCCC1)CCC. The molecule has 1 nitrogen and oxygen atoms in total. The van der Waals surface area contributed by atoms with Crippen LogP contribution in [-0.4, -0.2) is 34.1 Å². The Balaban J connectivity index is 1.99. The highest BCUT2D eigenvalue weighted by Gasteiger charge is 2.09. The van der Waals surface area contributed by atoms with E-state index >= 15 is 0 Å². The number of hydrogen-bond donors (Lipinski definition) is 0. The van der Waals surface area contributed by atoms with Gasteiger partial charge >= 0.3 is 0 Å². The normalized spacial score (nSPS) is 16.8. The van der Waals surface area contributed by atoms with Gasteiger partial charge < -0.3 is 4.90 Å². The van der Waals surface area contributed by atoms with E-state index in [9.17, 15) is 0 Å². The Morgan fingerprint density at radius 2 is 1.78 bits per heavy atom. The van der Waals surface area contributed by atoms with Crippen LogP contribution in [0.3, 0.4) is 0 Å². The van der Waals surface area contributed by atoms with Crippen molar-refractivity contribution in [2.24, 2.45) is 0 Å². The van der Waals surface area contributed by atoms with E-state index in [1.54, 1.807) is 11.6 Å². The largest absolute Gasteiger partial charge is 0.303 e. The van der Waals surface area contributed by atoms with Crippen molar-refractivity contribution in [3.8, 4) is 0 Å². The van der Waals surface area contributed by atoms with Crippen molar-refractivity contribution in [3.05, 3.63) is 11.6 Å². The molecule has 0 bridgehead atoms. The van der Waals surface area contributed by atoms with Crippen LogP contribution in [-0.2, 0) is 0 Å². The minimum absolute atomic E-state index is 0.194. The molecule has 0 spiro atoms. The Morgan fingerprint density at radius 3 is 2.39 bits per heavy atom. The van der Waals surface area contributed by atoms with E-state index in [1.165, 1.54) is 70.6 Å². The Labute approximate surface area is 117 Å². The van der Waals surface area contributed by atoms with Crippen molar-refractivity contribution in [2.75, 3.05) is 19.6 Å². The summed E-state index contributed by atoms with van der Waals surface area (Å²) in [5.74, 6) is 0. The zero-order valence-electron chi connectivity index (χ0n) is 12.7. The van der Waals surface area contributed by atoms with Gasteiger partial charge in [0.2, 0.25) is 0 Å². The van der Waals surface area contributed by atoms with Crippen molar-refractivity contribution < 1.29 is 0 Å². The lowest BCUT2D eigenvalue weighted by molar-refractivity contribution is 0.339. The minimum atomic E-state index is 0.194. The van der Waals surface area contributed by atoms with Crippen LogP contribution in [0.4, 0.5) is 0 Å². The van der Waals surface area contributed by atoms with E-state index in [0.717, 1.165) is 0 Å². The average Bonchev–Trinajstić information content (AvgIpc) is 2.87. The zero-order chi connectivity index (χ0) is 13.1. The first-order valence-corrected chi connectivity index (χ1v) is 10.3. The first-order chi connectivity index (χ1) is 8.86. The molecule has 0 unspecified atom stereocenters. The second-order valence-corrected chi connectivity index (χ2v) is 7.75. The standard InChI is InChI=1S/C16H33NSi/c1-3-8-16(9-4-2)10-15-18-14-7-13-17-11-5-6-12-17/h10H,3-9,11-15,18H2,1-2H3. The topological polar surface area (TPSA) is 3.24 Å². The number of nitrogens with zero attached hydrogens (tertiary/aromatic N) is 1. The van der Waals surface area contributed by atoms with Gasteiger partial charge in [-0.25, -0.2) is 0 Å². The maximum atomic E-state index is 2.66. The molecule has 1 saturated heterocycles. The van der Waals surface area contributed by atoms with E-state index in [1.807, 2.05) is 0 Å². The molecule has 0 aliphatic carbocycles.